The molecule has 6 unspecified atom stereocenters. The third-order valence-corrected chi connectivity index (χ3v) is 6.19. The van der Waals surface area contributed by atoms with Crippen molar-refractivity contribution in [2.45, 2.75) is 38.5 Å². The van der Waals surface area contributed by atoms with Gasteiger partial charge < -0.3 is 9.84 Å². The van der Waals surface area contributed by atoms with Gasteiger partial charge in [0.2, 0.25) is 0 Å². The van der Waals surface area contributed by atoms with Gasteiger partial charge in [0.25, 0.3) is 0 Å². The molecule has 3 rings (SSSR count). The quantitative estimate of drug-likeness (QED) is 0.600. The van der Waals surface area contributed by atoms with E-state index in [1.807, 2.05) is 0 Å². The normalized spacial score (nSPS) is 41.6. The minimum Gasteiger partial charge on any atom is -0.463 e. The molecule has 112 valence electrons. The van der Waals surface area contributed by atoms with Gasteiger partial charge in [-0.25, -0.2) is 4.79 Å². The summed E-state index contributed by atoms with van der Waals surface area (Å²) in [5.74, 6) is 4.57. The molecule has 0 aromatic heterocycles. The zero-order chi connectivity index (χ0) is 14.1. The minimum atomic E-state index is -0.307. The van der Waals surface area contributed by atoms with Crippen LogP contribution in [-0.4, -0.2) is 24.3 Å². The molecule has 3 heteroatoms. The molecule has 1 N–H and O–H groups in total. The van der Waals surface area contributed by atoms with Crippen molar-refractivity contribution in [3.05, 3.63) is 12.7 Å². The lowest BCUT2D eigenvalue weighted by molar-refractivity contribution is -0.138. The van der Waals surface area contributed by atoms with E-state index in [0.29, 0.717) is 19.1 Å². The molecule has 0 aliphatic heterocycles. The summed E-state index contributed by atoms with van der Waals surface area (Å²) in [5, 5.41) is 9.34. The highest BCUT2D eigenvalue weighted by atomic mass is 16.5. The highest BCUT2D eigenvalue weighted by Gasteiger charge is 2.58. The molecule has 0 radical (unpaired) electrons. The molecule has 20 heavy (non-hydrogen) atoms. The van der Waals surface area contributed by atoms with E-state index >= 15 is 0 Å². The number of aliphatic hydroxyl groups is 1. The summed E-state index contributed by atoms with van der Waals surface area (Å²) in [7, 11) is 0. The molecular formula is C17H26O3. The van der Waals surface area contributed by atoms with Gasteiger partial charge in [-0.3, -0.25) is 0 Å². The number of carbonyl (C=O) groups is 1. The van der Waals surface area contributed by atoms with Gasteiger partial charge in [0.05, 0.1) is 6.61 Å². The molecular weight excluding hydrogens is 252 g/mol. The second-order valence-electron chi connectivity index (χ2n) is 6.83. The Labute approximate surface area is 121 Å². The monoisotopic (exact) mass is 278 g/mol. The van der Waals surface area contributed by atoms with Crippen molar-refractivity contribution >= 4 is 5.97 Å². The van der Waals surface area contributed by atoms with Crippen LogP contribution in [0, 0.1) is 35.5 Å². The van der Waals surface area contributed by atoms with Crippen LogP contribution < -0.4 is 0 Å². The average molecular weight is 278 g/mol. The number of ether oxygens (including phenoxy) is 1. The van der Waals surface area contributed by atoms with Crippen molar-refractivity contribution in [1.82, 2.24) is 0 Å². The van der Waals surface area contributed by atoms with E-state index in [9.17, 15) is 9.90 Å². The summed E-state index contributed by atoms with van der Waals surface area (Å²) in [6, 6.07) is 0. The summed E-state index contributed by atoms with van der Waals surface area (Å²) >= 11 is 0. The van der Waals surface area contributed by atoms with Crippen molar-refractivity contribution < 1.29 is 14.6 Å². The Bertz CT molecular complexity index is 378. The Morgan fingerprint density at radius 1 is 1.25 bits per heavy atom. The molecule has 0 heterocycles. The fourth-order valence-electron chi connectivity index (χ4n) is 5.74. The Hall–Kier alpha value is -0.830. The minimum absolute atomic E-state index is 0.307. The summed E-state index contributed by atoms with van der Waals surface area (Å²) in [6.07, 6.45) is 8.69. The van der Waals surface area contributed by atoms with Gasteiger partial charge in [0.1, 0.15) is 0 Å². The number of esters is 1. The topological polar surface area (TPSA) is 46.5 Å². The van der Waals surface area contributed by atoms with Gasteiger partial charge in [-0.05, 0) is 67.6 Å². The van der Waals surface area contributed by atoms with E-state index < -0.39 is 0 Å². The van der Waals surface area contributed by atoms with Crippen LogP contribution in [0.2, 0.25) is 0 Å². The molecule has 3 aliphatic carbocycles. The van der Waals surface area contributed by atoms with Crippen LogP contribution in [0.3, 0.4) is 0 Å². The predicted octanol–water partition coefficient (Wildman–Crippen LogP) is 2.79. The lowest BCUT2D eigenvalue weighted by atomic mass is 9.74. The third-order valence-electron chi connectivity index (χ3n) is 6.19. The summed E-state index contributed by atoms with van der Waals surface area (Å²) in [4.78, 5) is 11.1. The number of hydrogen-bond donors (Lipinski definition) is 1. The smallest absolute Gasteiger partial charge is 0.330 e. The number of carbonyl (C=O) groups excluding carboxylic acids is 1. The van der Waals surface area contributed by atoms with Gasteiger partial charge >= 0.3 is 5.97 Å². The molecule has 0 amide bonds. The SMILES string of the molecule is C=CC(=O)OCCC1CC2C3CCCC3C1C2CCO. The highest BCUT2D eigenvalue weighted by Crippen LogP contribution is 2.65. The van der Waals surface area contributed by atoms with Crippen LogP contribution in [0.5, 0.6) is 0 Å². The average Bonchev–Trinajstić information content (AvgIpc) is 3.10. The second-order valence-corrected chi connectivity index (χ2v) is 6.83. The highest BCUT2D eigenvalue weighted by molar-refractivity contribution is 5.81. The second kappa shape index (κ2) is 5.88. The molecule has 3 fully saturated rings. The number of fused-ring (bicyclic) bond motifs is 5. The van der Waals surface area contributed by atoms with E-state index in [1.165, 1.54) is 31.8 Å². The molecule has 2 bridgehead atoms. The first-order valence-electron chi connectivity index (χ1n) is 8.16. The van der Waals surface area contributed by atoms with E-state index in [-0.39, 0.29) is 5.97 Å². The predicted molar refractivity (Wildman–Crippen MR) is 76.9 cm³/mol. The molecule has 3 aliphatic rings. The lowest BCUT2D eigenvalue weighted by Crippen LogP contribution is -2.26. The summed E-state index contributed by atoms with van der Waals surface area (Å²) < 4.78 is 5.16. The van der Waals surface area contributed by atoms with Gasteiger partial charge in [-0.15, -0.1) is 0 Å². The molecule has 0 saturated heterocycles. The summed E-state index contributed by atoms with van der Waals surface area (Å²) in [6.45, 7) is 4.29. The van der Waals surface area contributed by atoms with Gasteiger partial charge in [-0.2, -0.15) is 0 Å². The fraction of sp³-hybridized carbons (Fsp3) is 0.824. The van der Waals surface area contributed by atoms with E-state index in [0.717, 1.165) is 42.4 Å². The van der Waals surface area contributed by atoms with E-state index in [2.05, 4.69) is 6.58 Å². The summed E-state index contributed by atoms with van der Waals surface area (Å²) in [5.41, 5.74) is 0. The van der Waals surface area contributed by atoms with Crippen LogP contribution in [0.15, 0.2) is 12.7 Å². The van der Waals surface area contributed by atoms with Crippen LogP contribution in [0.4, 0.5) is 0 Å². The van der Waals surface area contributed by atoms with Crippen LogP contribution >= 0.6 is 0 Å². The maximum Gasteiger partial charge on any atom is 0.330 e. The zero-order valence-corrected chi connectivity index (χ0v) is 12.2. The first-order valence-corrected chi connectivity index (χ1v) is 8.16. The van der Waals surface area contributed by atoms with E-state index in [1.54, 1.807) is 0 Å². The first kappa shape index (κ1) is 14.1. The molecule has 3 nitrogen and oxygen atoms in total. The Morgan fingerprint density at radius 2 is 2.05 bits per heavy atom. The first-order chi connectivity index (χ1) is 9.76. The molecule has 3 saturated carbocycles. The Balaban J connectivity index is 1.60. The van der Waals surface area contributed by atoms with Crippen LogP contribution in [0.25, 0.3) is 0 Å². The van der Waals surface area contributed by atoms with Gasteiger partial charge in [0, 0.05) is 12.7 Å². The molecule has 0 aromatic rings. The Morgan fingerprint density at radius 3 is 2.80 bits per heavy atom. The lowest BCUT2D eigenvalue weighted by Gasteiger charge is -2.31. The van der Waals surface area contributed by atoms with Crippen LogP contribution in [0.1, 0.15) is 38.5 Å². The van der Waals surface area contributed by atoms with Crippen molar-refractivity contribution in [2.75, 3.05) is 13.2 Å². The maximum atomic E-state index is 11.1. The van der Waals surface area contributed by atoms with Crippen molar-refractivity contribution in [3.8, 4) is 0 Å². The van der Waals surface area contributed by atoms with Crippen molar-refractivity contribution in [2.24, 2.45) is 35.5 Å². The largest absolute Gasteiger partial charge is 0.463 e. The number of rotatable bonds is 6. The van der Waals surface area contributed by atoms with Crippen molar-refractivity contribution in [1.29, 1.82) is 0 Å². The standard InChI is InChI=1S/C17H26O3/c1-2-16(19)20-9-7-11-10-15-12-4-3-5-13(12)17(11)14(15)6-8-18/h2,11-15,17-18H,1,3-10H2. The Kier molecular flexibility index (Phi) is 4.16. The van der Waals surface area contributed by atoms with Gasteiger partial charge in [0.15, 0.2) is 0 Å². The molecule has 6 atom stereocenters. The molecule has 0 aromatic carbocycles. The number of aliphatic hydroxyl groups excluding tert-OH is 1. The molecule has 0 spiro atoms. The van der Waals surface area contributed by atoms with Gasteiger partial charge in [-0.1, -0.05) is 13.0 Å². The zero-order valence-electron chi connectivity index (χ0n) is 12.2. The number of hydrogen-bond acceptors (Lipinski definition) is 3. The maximum absolute atomic E-state index is 11.1. The van der Waals surface area contributed by atoms with Crippen molar-refractivity contribution in [3.63, 3.8) is 0 Å². The van der Waals surface area contributed by atoms with Crippen LogP contribution in [-0.2, 0) is 9.53 Å². The third kappa shape index (κ3) is 2.30. The fourth-order valence-corrected chi connectivity index (χ4v) is 5.74. The van der Waals surface area contributed by atoms with E-state index in [4.69, 9.17) is 4.74 Å².